The predicted octanol–water partition coefficient (Wildman–Crippen LogP) is 1.41. The van der Waals surface area contributed by atoms with Gasteiger partial charge in [0.2, 0.25) is 0 Å². The van der Waals surface area contributed by atoms with Crippen LogP contribution in [0.25, 0.3) is 0 Å². The quantitative estimate of drug-likeness (QED) is 0.794. The first kappa shape index (κ1) is 10.4. The Morgan fingerprint density at radius 2 is 2.40 bits per heavy atom. The smallest absolute Gasteiger partial charge is 0.165 e. The summed E-state index contributed by atoms with van der Waals surface area (Å²) < 4.78 is 18.2. The Morgan fingerprint density at radius 1 is 1.53 bits per heavy atom. The molecule has 1 aromatic carbocycles. The minimum atomic E-state index is -0.572. The zero-order valence-electron chi connectivity index (χ0n) is 8.37. The lowest BCUT2D eigenvalue weighted by atomic mass is 10.2. The second kappa shape index (κ2) is 4.59. The highest BCUT2D eigenvalue weighted by atomic mass is 19.1. The number of benzene rings is 1. The lowest BCUT2D eigenvalue weighted by Gasteiger charge is -2.10. The molecule has 1 unspecified atom stereocenters. The molecule has 1 aliphatic rings. The lowest BCUT2D eigenvalue weighted by molar-refractivity contribution is 0.190. The maximum absolute atomic E-state index is 13.0. The van der Waals surface area contributed by atoms with Crippen molar-refractivity contribution in [2.24, 2.45) is 0 Å². The van der Waals surface area contributed by atoms with Crippen LogP contribution in [0.1, 0.15) is 12.0 Å². The second-order valence-electron chi connectivity index (χ2n) is 3.73. The molecule has 1 fully saturated rings. The molecule has 15 heavy (non-hydrogen) atoms. The minimum absolute atomic E-state index is 0.303. The van der Waals surface area contributed by atoms with Crippen molar-refractivity contribution < 1.29 is 14.2 Å². The molecule has 2 N–H and O–H groups in total. The minimum Gasteiger partial charge on any atom is -0.505 e. The van der Waals surface area contributed by atoms with Gasteiger partial charge in [0.25, 0.3) is 0 Å². The topological polar surface area (TPSA) is 41.5 Å². The van der Waals surface area contributed by atoms with Gasteiger partial charge in [-0.3, -0.25) is 0 Å². The van der Waals surface area contributed by atoms with E-state index in [0.717, 1.165) is 25.2 Å². The third kappa shape index (κ3) is 2.67. The molecule has 0 amide bonds. The number of halogens is 1. The number of phenolic OH excluding ortho intramolecular Hbond substituents is 1. The highest BCUT2D eigenvalue weighted by molar-refractivity contribution is 5.27. The molecule has 1 heterocycles. The van der Waals surface area contributed by atoms with Gasteiger partial charge in [0.05, 0.1) is 6.61 Å². The highest BCUT2D eigenvalue weighted by Crippen LogP contribution is 2.16. The van der Waals surface area contributed by atoms with Crippen molar-refractivity contribution in [3.05, 3.63) is 29.6 Å². The zero-order valence-corrected chi connectivity index (χ0v) is 8.37. The largest absolute Gasteiger partial charge is 0.505 e. The van der Waals surface area contributed by atoms with Crippen LogP contribution in [0.5, 0.6) is 5.75 Å². The van der Waals surface area contributed by atoms with Gasteiger partial charge in [0.1, 0.15) is 0 Å². The molecule has 0 saturated carbocycles. The van der Waals surface area contributed by atoms with Gasteiger partial charge in [-0.1, -0.05) is 6.07 Å². The van der Waals surface area contributed by atoms with E-state index in [1.807, 2.05) is 0 Å². The third-order valence-corrected chi connectivity index (χ3v) is 2.54. The van der Waals surface area contributed by atoms with Crippen LogP contribution in [0.4, 0.5) is 4.39 Å². The number of phenols is 1. The van der Waals surface area contributed by atoms with Gasteiger partial charge in [0.15, 0.2) is 11.6 Å². The summed E-state index contributed by atoms with van der Waals surface area (Å²) in [6.45, 7) is 2.12. The molecule has 1 aromatic rings. The highest BCUT2D eigenvalue weighted by Gasteiger charge is 2.14. The van der Waals surface area contributed by atoms with Gasteiger partial charge < -0.3 is 15.2 Å². The summed E-state index contributed by atoms with van der Waals surface area (Å²) >= 11 is 0. The maximum Gasteiger partial charge on any atom is 0.165 e. The Labute approximate surface area is 87.9 Å². The maximum atomic E-state index is 13.0. The van der Waals surface area contributed by atoms with Crippen molar-refractivity contribution in [1.29, 1.82) is 0 Å². The molecular weight excluding hydrogens is 197 g/mol. The van der Waals surface area contributed by atoms with Gasteiger partial charge in [-0.25, -0.2) is 4.39 Å². The van der Waals surface area contributed by atoms with E-state index < -0.39 is 5.82 Å². The summed E-state index contributed by atoms with van der Waals surface area (Å²) in [7, 11) is 0. The Morgan fingerprint density at radius 3 is 3.07 bits per heavy atom. The van der Waals surface area contributed by atoms with Gasteiger partial charge in [-0.05, 0) is 24.1 Å². The first-order valence-electron chi connectivity index (χ1n) is 5.04. The van der Waals surface area contributed by atoms with Gasteiger partial charge in [-0.2, -0.15) is 0 Å². The average molecular weight is 211 g/mol. The van der Waals surface area contributed by atoms with Crippen LogP contribution in [0, 0.1) is 5.82 Å². The molecule has 0 spiro atoms. The summed E-state index contributed by atoms with van der Waals surface area (Å²) in [5.74, 6) is -0.875. The van der Waals surface area contributed by atoms with Crippen molar-refractivity contribution in [2.75, 3.05) is 13.2 Å². The average Bonchev–Trinajstić information content (AvgIpc) is 2.73. The van der Waals surface area contributed by atoms with E-state index in [0.29, 0.717) is 12.6 Å². The van der Waals surface area contributed by atoms with Crippen molar-refractivity contribution in [3.8, 4) is 5.75 Å². The van der Waals surface area contributed by atoms with E-state index >= 15 is 0 Å². The van der Waals surface area contributed by atoms with E-state index in [1.165, 1.54) is 12.1 Å². The molecule has 2 rings (SSSR count). The summed E-state index contributed by atoms with van der Waals surface area (Å²) in [6, 6.07) is 4.79. The molecule has 0 radical (unpaired) electrons. The molecular formula is C11H14FNO2. The van der Waals surface area contributed by atoms with Crippen molar-refractivity contribution in [3.63, 3.8) is 0 Å². The van der Waals surface area contributed by atoms with Crippen LogP contribution in [-0.4, -0.2) is 24.4 Å². The van der Waals surface area contributed by atoms with Crippen LogP contribution in [0.2, 0.25) is 0 Å². The summed E-state index contributed by atoms with van der Waals surface area (Å²) in [5.41, 5.74) is 0.831. The first-order valence-corrected chi connectivity index (χ1v) is 5.04. The molecule has 1 aliphatic heterocycles. The van der Waals surface area contributed by atoms with Gasteiger partial charge >= 0.3 is 0 Å². The van der Waals surface area contributed by atoms with E-state index in [1.54, 1.807) is 6.07 Å². The molecule has 4 heteroatoms. The van der Waals surface area contributed by atoms with Crippen LogP contribution in [-0.2, 0) is 11.3 Å². The number of aromatic hydroxyl groups is 1. The summed E-state index contributed by atoms with van der Waals surface area (Å²) in [4.78, 5) is 0. The summed E-state index contributed by atoms with van der Waals surface area (Å²) in [5, 5.41) is 12.3. The van der Waals surface area contributed by atoms with E-state index in [4.69, 9.17) is 9.84 Å². The van der Waals surface area contributed by atoms with Gasteiger partial charge in [-0.15, -0.1) is 0 Å². The number of hydrogen-bond donors (Lipinski definition) is 2. The predicted molar refractivity (Wildman–Crippen MR) is 54.1 cm³/mol. The lowest BCUT2D eigenvalue weighted by Crippen LogP contribution is -2.28. The van der Waals surface area contributed by atoms with E-state index in [2.05, 4.69) is 5.32 Å². The van der Waals surface area contributed by atoms with Crippen molar-refractivity contribution in [1.82, 2.24) is 5.32 Å². The van der Waals surface area contributed by atoms with Crippen LogP contribution in [0.15, 0.2) is 18.2 Å². The first-order chi connectivity index (χ1) is 7.25. The Balaban J connectivity index is 1.90. The monoisotopic (exact) mass is 211 g/mol. The van der Waals surface area contributed by atoms with Gasteiger partial charge in [0, 0.05) is 19.2 Å². The Hall–Kier alpha value is -1.13. The van der Waals surface area contributed by atoms with Crippen molar-refractivity contribution in [2.45, 2.75) is 19.0 Å². The molecule has 0 bridgehead atoms. The molecule has 3 nitrogen and oxygen atoms in total. The van der Waals surface area contributed by atoms with E-state index in [-0.39, 0.29) is 5.75 Å². The van der Waals surface area contributed by atoms with Crippen molar-refractivity contribution >= 4 is 0 Å². The summed E-state index contributed by atoms with van der Waals surface area (Å²) in [6.07, 6.45) is 1.00. The Kier molecular flexibility index (Phi) is 3.18. The SMILES string of the molecule is Oc1ccc(CNC2CCOC2)cc1F. The van der Waals surface area contributed by atoms with Crippen LogP contribution < -0.4 is 5.32 Å². The molecule has 0 aliphatic carbocycles. The third-order valence-electron chi connectivity index (χ3n) is 2.54. The fraction of sp³-hybridized carbons (Fsp3) is 0.455. The van der Waals surface area contributed by atoms with Crippen LogP contribution in [0.3, 0.4) is 0 Å². The fourth-order valence-electron chi connectivity index (χ4n) is 1.62. The molecule has 1 saturated heterocycles. The van der Waals surface area contributed by atoms with Crippen LogP contribution >= 0.6 is 0 Å². The fourth-order valence-corrected chi connectivity index (χ4v) is 1.62. The second-order valence-corrected chi connectivity index (χ2v) is 3.73. The molecule has 82 valence electrons. The Bertz CT molecular complexity index is 337. The van der Waals surface area contributed by atoms with E-state index in [9.17, 15) is 4.39 Å². The number of nitrogens with one attached hydrogen (secondary N) is 1. The number of hydrogen-bond acceptors (Lipinski definition) is 3. The molecule has 0 aromatic heterocycles. The standard InChI is InChI=1S/C11H14FNO2/c12-10-5-8(1-2-11(10)14)6-13-9-3-4-15-7-9/h1-2,5,9,13-14H,3-4,6-7H2. The number of ether oxygens (including phenoxy) is 1. The zero-order chi connectivity index (χ0) is 10.7. The normalized spacial score (nSPS) is 20.7. The number of rotatable bonds is 3. The molecule has 1 atom stereocenters.